The lowest BCUT2D eigenvalue weighted by Gasteiger charge is -2.14. The lowest BCUT2D eigenvalue weighted by Crippen LogP contribution is -2.18. The number of nitrogens with one attached hydrogen (secondary N) is 1. The van der Waals surface area contributed by atoms with Crippen LogP contribution < -0.4 is 19.9 Å². The van der Waals surface area contributed by atoms with Crippen molar-refractivity contribution in [2.75, 3.05) is 21.3 Å². The molecule has 0 saturated heterocycles. The number of aromatic nitrogens is 4. The number of benzene rings is 1. The number of H-pyrrole nitrogens is 1. The van der Waals surface area contributed by atoms with Gasteiger partial charge in [-0.25, -0.2) is 14.8 Å². The van der Waals surface area contributed by atoms with Crippen molar-refractivity contribution in [3.05, 3.63) is 52.8 Å². The molecule has 4 rings (SSSR count). The Hall–Kier alpha value is -3.75. The molecule has 1 N–H and O–H groups in total. The molecule has 0 bridgehead atoms. The lowest BCUT2D eigenvalue weighted by molar-refractivity contribution is 0.323. The van der Waals surface area contributed by atoms with E-state index in [1.807, 2.05) is 0 Å². The standard InChI is InChI=1S/C19H18N4O5/c1-25-14-7-11(8-15(26-2)16(14)27-3)10-23-18-17(22-19(23)24)20-9-12(21-18)13-5-4-6-28-13/h4-9H,10H2,1-3H3,(H,20,22,24). The molecule has 0 aliphatic heterocycles. The van der Waals surface area contributed by atoms with Gasteiger partial charge in [0, 0.05) is 0 Å². The Kier molecular flexibility index (Phi) is 4.48. The van der Waals surface area contributed by atoms with E-state index in [-0.39, 0.29) is 12.2 Å². The summed E-state index contributed by atoms with van der Waals surface area (Å²) in [5.41, 5.74) is 1.82. The predicted molar refractivity (Wildman–Crippen MR) is 101 cm³/mol. The van der Waals surface area contributed by atoms with E-state index in [4.69, 9.17) is 18.6 Å². The van der Waals surface area contributed by atoms with Gasteiger partial charge in [0.05, 0.1) is 40.3 Å². The molecule has 0 aliphatic carbocycles. The van der Waals surface area contributed by atoms with E-state index in [0.717, 1.165) is 5.56 Å². The maximum atomic E-state index is 12.5. The number of nitrogens with zero attached hydrogens (tertiary/aromatic N) is 3. The predicted octanol–water partition coefficient (Wildman–Crippen LogP) is 2.45. The minimum absolute atomic E-state index is 0.242. The summed E-state index contributed by atoms with van der Waals surface area (Å²) in [6, 6.07) is 7.12. The Morgan fingerprint density at radius 2 is 1.89 bits per heavy atom. The molecule has 3 aromatic heterocycles. The maximum Gasteiger partial charge on any atom is 0.329 e. The fourth-order valence-electron chi connectivity index (χ4n) is 3.02. The van der Waals surface area contributed by atoms with Crippen LogP contribution in [-0.4, -0.2) is 40.8 Å². The van der Waals surface area contributed by atoms with Crippen LogP contribution in [0.15, 0.2) is 45.9 Å². The van der Waals surface area contributed by atoms with Gasteiger partial charge in [-0.3, -0.25) is 9.55 Å². The van der Waals surface area contributed by atoms with E-state index in [0.29, 0.717) is 40.0 Å². The molecule has 0 fully saturated rings. The second-order valence-electron chi connectivity index (χ2n) is 5.95. The summed E-state index contributed by atoms with van der Waals surface area (Å²) in [6.45, 7) is 0.242. The molecule has 4 aromatic rings. The quantitative estimate of drug-likeness (QED) is 0.546. The van der Waals surface area contributed by atoms with Crippen LogP contribution in [0.5, 0.6) is 17.2 Å². The number of hydrogen-bond acceptors (Lipinski definition) is 7. The first-order chi connectivity index (χ1) is 13.6. The van der Waals surface area contributed by atoms with E-state index in [1.54, 1.807) is 50.9 Å². The van der Waals surface area contributed by atoms with Crippen LogP contribution in [0, 0.1) is 0 Å². The Balaban J connectivity index is 1.80. The zero-order valence-corrected chi connectivity index (χ0v) is 15.6. The average Bonchev–Trinajstić information content (AvgIpc) is 3.35. The van der Waals surface area contributed by atoms with Gasteiger partial charge in [-0.05, 0) is 29.8 Å². The van der Waals surface area contributed by atoms with E-state index in [9.17, 15) is 4.79 Å². The number of ether oxygens (including phenoxy) is 3. The molecule has 3 heterocycles. The van der Waals surface area contributed by atoms with Crippen molar-refractivity contribution in [3.8, 4) is 28.7 Å². The zero-order valence-electron chi connectivity index (χ0n) is 15.6. The third-order valence-electron chi connectivity index (χ3n) is 4.32. The molecule has 9 heteroatoms. The highest BCUT2D eigenvalue weighted by Crippen LogP contribution is 2.38. The van der Waals surface area contributed by atoms with E-state index in [1.165, 1.54) is 11.7 Å². The second kappa shape index (κ2) is 7.10. The Bertz CT molecular complexity index is 1150. The minimum atomic E-state index is -0.319. The molecule has 0 spiro atoms. The minimum Gasteiger partial charge on any atom is -0.493 e. The summed E-state index contributed by atoms with van der Waals surface area (Å²) in [5.74, 6) is 2.07. The summed E-state index contributed by atoms with van der Waals surface area (Å²) in [6.07, 6.45) is 3.11. The van der Waals surface area contributed by atoms with Gasteiger partial charge < -0.3 is 18.6 Å². The van der Waals surface area contributed by atoms with Crippen molar-refractivity contribution in [1.82, 2.24) is 19.5 Å². The van der Waals surface area contributed by atoms with Gasteiger partial charge >= 0.3 is 5.69 Å². The van der Waals surface area contributed by atoms with Crippen LogP contribution in [-0.2, 0) is 6.54 Å². The highest BCUT2D eigenvalue weighted by Gasteiger charge is 2.17. The van der Waals surface area contributed by atoms with Gasteiger partial charge in [0.25, 0.3) is 0 Å². The fraction of sp³-hybridized carbons (Fsp3) is 0.211. The van der Waals surface area contributed by atoms with Crippen molar-refractivity contribution >= 4 is 11.3 Å². The molecule has 28 heavy (non-hydrogen) atoms. The fourth-order valence-corrected chi connectivity index (χ4v) is 3.02. The number of methoxy groups -OCH3 is 3. The molecule has 0 radical (unpaired) electrons. The number of fused-ring (bicyclic) bond motifs is 1. The molecular formula is C19H18N4O5. The molecule has 9 nitrogen and oxygen atoms in total. The van der Waals surface area contributed by atoms with Crippen LogP contribution in [0.2, 0.25) is 0 Å². The van der Waals surface area contributed by atoms with Gasteiger partial charge in [0.15, 0.2) is 28.6 Å². The van der Waals surface area contributed by atoms with Gasteiger partial charge in [-0.2, -0.15) is 0 Å². The van der Waals surface area contributed by atoms with Crippen molar-refractivity contribution in [2.45, 2.75) is 6.54 Å². The Morgan fingerprint density at radius 1 is 1.14 bits per heavy atom. The third kappa shape index (κ3) is 2.96. The molecule has 144 valence electrons. The molecule has 0 aliphatic rings. The average molecular weight is 382 g/mol. The van der Waals surface area contributed by atoms with Crippen molar-refractivity contribution < 1.29 is 18.6 Å². The first-order valence-corrected chi connectivity index (χ1v) is 8.43. The number of rotatable bonds is 6. The van der Waals surface area contributed by atoms with Gasteiger partial charge in [-0.15, -0.1) is 0 Å². The highest BCUT2D eigenvalue weighted by atomic mass is 16.5. The largest absolute Gasteiger partial charge is 0.493 e. The summed E-state index contributed by atoms with van der Waals surface area (Å²) >= 11 is 0. The zero-order chi connectivity index (χ0) is 19.7. The molecule has 0 saturated carbocycles. The number of hydrogen-bond donors (Lipinski definition) is 1. The second-order valence-corrected chi connectivity index (χ2v) is 5.95. The Morgan fingerprint density at radius 3 is 2.50 bits per heavy atom. The molecular weight excluding hydrogens is 364 g/mol. The monoisotopic (exact) mass is 382 g/mol. The van der Waals surface area contributed by atoms with Gasteiger partial charge in [0.2, 0.25) is 5.75 Å². The van der Waals surface area contributed by atoms with Crippen LogP contribution in [0.1, 0.15) is 5.56 Å². The van der Waals surface area contributed by atoms with Crippen LogP contribution >= 0.6 is 0 Å². The van der Waals surface area contributed by atoms with E-state index in [2.05, 4.69) is 15.0 Å². The van der Waals surface area contributed by atoms with Gasteiger partial charge in [0.1, 0.15) is 5.69 Å². The van der Waals surface area contributed by atoms with Crippen molar-refractivity contribution in [3.63, 3.8) is 0 Å². The summed E-state index contributed by atoms with van der Waals surface area (Å²) in [4.78, 5) is 24.0. The van der Waals surface area contributed by atoms with Crippen LogP contribution in [0.25, 0.3) is 22.7 Å². The molecule has 0 atom stereocenters. The topological polar surface area (TPSA) is 104 Å². The SMILES string of the molecule is COc1cc(Cn2c(=O)[nH]c3ncc(-c4ccco4)nc32)cc(OC)c1OC. The highest BCUT2D eigenvalue weighted by molar-refractivity contribution is 5.69. The third-order valence-corrected chi connectivity index (χ3v) is 4.32. The van der Waals surface area contributed by atoms with E-state index < -0.39 is 0 Å². The molecule has 0 unspecified atom stereocenters. The summed E-state index contributed by atoms with van der Waals surface area (Å²) in [7, 11) is 4.62. The van der Waals surface area contributed by atoms with Crippen molar-refractivity contribution in [2.24, 2.45) is 0 Å². The first kappa shape index (κ1) is 17.7. The number of furan rings is 1. The molecule has 0 amide bonds. The summed E-state index contributed by atoms with van der Waals surface area (Å²) in [5, 5.41) is 0. The number of aromatic amines is 1. The number of imidazole rings is 1. The van der Waals surface area contributed by atoms with Gasteiger partial charge in [-0.1, -0.05) is 0 Å². The lowest BCUT2D eigenvalue weighted by atomic mass is 10.1. The van der Waals surface area contributed by atoms with E-state index >= 15 is 0 Å². The Labute approximate surface area is 159 Å². The maximum absolute atomic E-state index is 12.5. The normalized spacial score (nSPS) is 11.0. The smallest absolute Gasteiger partial charge is 0.329 e. The van der Waals surface area contributed by atoms with Crippen molar-refractivity contribution in [1.29, 1.82) is 0 Å². The molecule has 1 aromatic carbocycles. The van der Waals surface area contributed by atoms with Crippen LogP contribution in [0.4, 0.5) is 0 Å². The first-order valence-electron chi connectivity index (χ1n) is 8.43. The summed E-state index contributed by atoms with van der Waals surface area (Å²) < 4.78 is 23.0. The van der Waals surface area contributed by atoms with Crippen LogP contribution in [0.3, 0.4) is 0 Å².